The summed E-state index contributed by atoms with van der Waals surface area (Å²) in [7, 11) is 0. The van der Waals surface area contributed by atoms with Crippen molar-refractivity contribution in [2.75, 3.05) is 36.0 Å². The van der Waals surface area contributed by atoms with Crippen molar-refractivity contribution < 1.29 is 27.3 Å². The van der Waals surface area contributed by atoms with Crippen LogP contribution in [-0.2, 0) is 0 Å². The van der Waals surface area contributed by atoms with Crippen LogP contribution in [0.15, 0.2) is 45.4 Å². The van der Waals surface area contributed by atoms with Gasteiger partial charge in [0.15, 0.2) is 10.0 Å². The van der Waals surface area contributed by atoms with Crippen LogP contribution >= 0.6 is 22.7 Å². The fraction of sp³-hybridized carbons (Fsp3) is 0.412. The summed E-state index contributed by atoms with van der Waals surface area (Å²) in [6.07, 6.45) is 3.60. The first-order chi connectivity index (χ1) is 25.2. The molecule has 4 aromatic heterocycles. The minimum absolute atomic E-state index is 0.0685. The summed E-state index contributed by atoms with van der Waals surface area (Å²) in [4.78, 5) is 12.7. The van der Waals surface area contributed by atoms with Gasteiger partial charge in [-0.05, 0) is 49.2 Å². The average molecular weight is 751 g/mol. The molecule has 6 aromatic rings. The Labute approximate surface area is 305 Å². The number of halogens is 2. The van der Waals surface area contributed by atoms with Crippen molar-refractivity contribution in [2.45, 2.75) is 65.6 Å². The van der Waals surface area contributed by atoms with E-state index in [0.29, 0.717) is 39.2 Å². The number of hydrogen-bond acceptors (Lipinski definition) is 16. The second-order valence-electron chi connectivity index (χ2n) is 12.5. The summed E-state index contributed by atoms with van der Waals surface area (Å²) in [5.41, 5.74) is 1.76. The van der Waals surface area contributed by atoms with Crippen LogP contribution in [-0.4, -0.2) is 79.1 Å². The third kappa shape index (κ3) is 8.50. The van der Waals surface area contributed by atoms with Crippen molar-refractivity contribution in [3.8, 4) is 33.2 Å². The zero-order valence-corrected chi connectivity index (χ0v) is 30.6. The monoisotopic (exact) mass is 750 g/mol. The van der Waals surface area contributed by atoms with Gasteiger partial charge < -0.3 is 28.3 Å². The Morgan fingerprint density at radius 3 is 1.58 bits per heavy atom. The number of piperidine rings is 2. The molecular formula is C34H36F2N10O4S2. The van der Waals surface area contributed by atoms with Crippen LogP contribution in [0.4, 0.5) is 19.0 Å². The number of hydrogen-bond donors (Lipinski definition) is 0. The van der Waals surface area contributed by atoms with Crippen LogP contribution in [0.5, 0.6) is 11.5 Å². The molecular weight excluding hydrogens is 715 g/mol. The van der Waals surface area contributed by atoms with E-state index in [2.05, 4.69) is 50.5 Å². The first-order valence-electron chi connectivity index (χ1n) is 16.8. The first-order valence-corrected chi connectivity index (χ1v) is 18.4. The van der Waals surface area contributed by atoms with Gasteiger partial charge in [-0.1, -0.05) is 39.1 Å². The molecule has 0 radical (unpaired) electrons. The standard InChI is InChI=1S/2C17H18FN5O2S/c1-10-9-12(18)3-4-14(10)24-13-5-7-23(8-6-13)17-21-20-16(26-17)15-19-11(2)25-22-15;1-10-3-4-12(18)9-14(10)24-13-5-7-23(8-6-13)17-21-20-16(26-17)15-19-11(2)25-22-15/h2*3-4,9,13H,5-8H2,1-2H3. The lowest BCUT2D eigenvalue weighted by Crippen LogP contribution is -2.38. The molecule has 2 aromatic carbocycles. The molecule has 0 saturated carbocycles. The van der Waals surface area contributed by atoms with Crippen molar-refractivity contribution in [1.29, 1.82) is 0 Å². The molecule has 18 heteroatoms. The number of aromatic nitrogens is 8. The molecule has 0 unspecified atom stereocenters. The normalized spacial score (nSPS) is 15.4. The van der Waals surface area contributed by atoms with Crippen LogP contribution in [0.2, 0.25) is 0 Å². The van der Waals surface area contributed by atoms with E-state index in [0.717, 1.165) is 79.0 Å². The van der Waals surface area contributed by atoms with Gasteiger partial charge in [0.2, 0.25) is 33.7 Å². The first kappa shape index (κ1) is 35.3. The smallest absolute Gasteiger partial charge is 0.233 e. The molecule has 0 bridgehead atoms. The SMILES string of the molecule is Cc1nc(-c2nnc(N3CCC(Oc4cc(F)ccc4C)CC3)s2)no1.Cc1nc(-c2nnc(N3CCC(Oc4ccc(F)cc4C)CC3)s2)no1. The van der Waals surface area contributed by atoms with Crippen molar-refractivity contribution in [3.63, 3.8) is 0 Å². The van der Waals surface area contributed by atoms with Gasteiger partial charge in [-0.25, -0.2) is 8.78 Å². The number of benzene rings is 2. The molecule has 2 aliphatic rings. The van der Waals surface area contributed by atoms with Gasteiger partial charge in [-0.2, -0.15) is 9.97 Å². The number of rotatable bonds is 8. The van der Waals surface area contributed by atoms with Crippen molar-refractivity contribution in [2.24, 2.45) is 0 Å². The lowest BCUT2D eigenvalue weighted by Gasteiger charge is -2.31. The molecule has 0 amide bonds. The van der Waals surface area contributed by atoms with E-state index in [1.165, 1.54) is 46.9 Å². The van der Waals surface area contributed by atoms with E-state index in [1.54, 1.807) is 26.0 Å². The summed E-state index contributed by atoms with van der Waals surface area (Å²) < 4.78 is 48.6. The van der Waals surface area contributed by atoms with E-state index in [1.807, 2.05) is 13.8 Å². The van der Waals surface area contributed by atoms with Crippen LogP contribution in [0.25, 0.3) is 21.7 Å². The quantitative estimate of drug-likeness (QED) is 0.160. The molecule has 0 spiro atoms. The fourth-order valence-corrected chi connectivity index (χ4v) is 7.42. The maximum Gasteiger partial charge on any atom is 0.233 e. The van der Waals surface area contributed by atoms with Crippen LogP contribution in [0, 0.1) is 39.3 Å². The van der Waals surface area contributed by atoms with Crippen LogP contribution in [0.1, 0.15) is 48.6 Å². The molecule has 2 aliphatic heterocycles. The Balaban J connectivity index is 0.000000162. The fourth-order valence-electron chi connectivity index (χ4n) is 5.77. The van der Waals surface area contributed by atoms with Crippen molar-refractivity contribution in [3.05, 3.63) is 70.9 Å². The van der Waals surface area contributed by atoms with E-state index < -0.39 is 0 Å². The zero-order valence-electron chi connectivity index (χ0n) is 29.0. The van der Waals surface area contributed by atoms with Gasteiger partial charge >= 0.3 is 0 Å². The molecule has 14 nitrogen and oxygen atoms in total. The Morgan fingerprint density at radius 1 is 0.615 bits per heavy atom. The molecule has 0 N–H and O–H groups in total. The molecule has 6 heterocycles. The number of nitrogens with zero attached hydrogens (tertiary/aromatic N) is 10. The summed E-state index contributed by atoms with van der Waals surface area (Å²) in [5.74, 6) is 2.79. The molecule has 272 valence electrons. The van der Waals surface area contributed by atoms with Crippen LogP contribution < -0.4 is 19.3 Å². The molecule has 0 atom stereocenters. The summed E-state index contributed by atoms with van der Waals surface area (Å²) in [6.45, 7) is 10.5. The molecule has 2 saturated heterocycles. The van der Waals surface area contributed by atoms with Gasteiger partial charge in [-0.15, -0.1) is 20.4 Å². The Hall–Kier alpha value is -5.10. The molecule has 0 aliphatic carbocycles. The average Bonchev–Trinajstić information content (AvgIpc) is 3.97. The van der Waals surface area contributed by atoms with Gasteiger partial charge in [-0.3, -0.25) is 0 Å². The summed E-state index contributed by atoms with van der Waals surface area (Å²) >= 11 is 2.90. The van der Waals surface area contributed by atoms with Gasteiger partial charge in [0.1, 0.15) is 35.3 Å². The Bertz CT molecular complexity index is 2100. The van der Waals surface area contributed by atoms with Gasteiger partial charge in [0, 0.05) is 71.8 Å². The minimum atomic E-state index is -0.277. The van der Waals surface area contributed by atoms with Crippen molar-refractivity contribution >= 4 is 32.9 Å². The molecule has 2 fully saturated rings. The second-order valence-corrected chi connectivity index (χ2v) is 14.4. The van der Waals surface area contributed by atoms with Gasteiger partial charge in [0.05, 0.1) is 0 Å². The predicted octanol–water partition coefficient (Wildman–Crippen LogP) is 6.78. The maximum absolute atomic E-state index is 13.4. The number of aryl methyl sites for hydroxylation is 4. The number of anilines is 2. The van der Waals surface area contributed by atoms with E-state index in [9.17, 15) is 8.78 Å². The highest BCUT2D eigenvalue weighted by atomic mass is 32.1. The Kier molecular flexibility index (Phi) is 10.6. The van der Waals surface area contributed by atoms with E-state index in [-0.39, 0.29) is 23.8 Å². The third-order valence-corrected chi connectivity index (χ3v) is 10.5. The largest absolute Gasteiger partial charge is 0.490 e. The summed E-state index contributed by atoms with van der Waals surface area (Å²) in [5, 5.41) is 27.5. The highest BCUT2D eigenvalue weighted by Gasteiger charge is 2.26. The van der Waals surface area contributed by atoms with E-state index in [4.69, 9.17) is 18.5 Å². The second kappa shape index (κ2) is 15.6. The van der Waals surface area contributed by atoms with Gasteiger partial charge in [0.25, 0.3) is 0 Å². The highest BCUT2D eigenvalue weighted by molar-refractivity contribution is 7.18. The Morgan fingerprint density at radius 2 is 1.10 bits per heavy atom. The lowest BCUT2D eigenvalue weighted by molar-refractivity contribution is 0.169. The topological polar surface area (TPSA) is 154 Å². The highest BCUT2D eigenvalue weighted by Crippen LogP contribution is 2.32. The molecule has 52 heavy (non-hydrogen) atoms. The number of ether oxygens (including phenoxy) is 2. The van der Waals surface area contributed by atoms with E-state index >= 15 is 0 Å². The minimum Gasteiger partial charge on any atom is -0.490 e. The van der Waals surface area contributed by atoms with Crippen LogP contribution in [0.3, 0.4) is 0 Å². The summed E-state index contributed by atoms with van der Waals surface area (Å²) in [6, 6.07) is 9.25. The maximum atomic E-state index is 13.4. The van der Waals surface area contributed by atoms with Crippen molar-refractivity contribution in [1.82, 2.24) is 40.7 Å². The predicted molar refractivity (Wildman–Crippen MR) is 190 cm³/mol. The lowest BCUT2D eigenvalue weighted by atomic mass is 10.1. The zero-order chi connectivity index (χ0) is 36.2. The molecule has 8 rings (SSSR count). The third-order valence-electron chi connectivity index (χ3n) is 8.57.